The van der Waals surface area contributed by atoms with Crippen molar-refractivity contribution in [1.82, 2.24) is 4.98 Å². The van der Waals surface area contributed by atoms with Crippen LogP contribution >= 0.6 is 0 Å². The molecule has 0 unspecified atom stereocenters. The van der Waals surface area contributed by atoms with Crippen LogP contribution in [0.5, 0.6) is 0 Å². The molecule has 0 saturated carbocycles. The molecule has 0 radical (unpaired) electrons. The largest absolute Gasteiger partial charge is 0.478 e. The molecule has 5 nitrogen and oxygen atoms in total. The first-order chi connectivity index (χ1) is 8.75. The molecular formula is C14H22N2O3. The average molecular weight is 266 g/mol. The van der Waals surface area contributed by atoms with Crippen LogP contribution in [0.15, 0.2) is 12.1 Å². The fraction of sp³-hybridized carbons (Fsp3) is 0.571. The molecule has 0 fully saturated rings. The number of rotatable bonds is 5. The highest BCUT2D eigenvalue weighted by Crippen LogP contribution is 2.24. The summed E-state index contributed by atoms with van der Waals surface area (Å²) in [7, 11) is 3.51. The highest BCUT2D eigenvalue weighted by molar-refractivity contribution is 5.88. The third kappa shape index (κ3) is 4.21. The first-order valence-electron chi connectivity index (χ1n) is 6.21. The van der Waals surface area contributed by atoms with Crippen molar-refractivity contribution in [2.45, 2.75) is 26.2 Å². The Bertz CT molecular complexity index is 452. The maximum atomic E-state index is 11.2. The van der Waals surface area contributed by atoms with Crippen molar-refractivity contribution in [3.63, 3.8) is 0 Å². The van der Waals surface area contributed by atoms with Crippen LogP contribution in [-0.2, 0) is 10.2 Å². The molecule has 1 N–H and O–H groups in total. The molecule has 0 spiro atoms. The number of aromatic nitrogens is 1. The van der Waals surface area contributed by atoms with Gasteiger partial charge >= 0.3 is 5.97 Å². The first-order valence-corrected chi connectivity index (χ1v) is 6.21. The van der Waals surface area contributed by atoms with Crippen molar-refractivity contribution in [1.29, 1.82) is 0 Å². The van der Waals surface area contributed by atoms with E-state index in [1.165, 1.54) is 0 Å². The van der Waals surface area contributed by atoms with Crippen LogP contribution in [0.1, 0.15) is 36.8 Å². The van der Waals surface area contributed by atoms with Crippen LogP contribution in [0.25, 0.3) is 0 Å². The van der Waals surface area contributed by atoms with Gasteiger partial charge in [-0.05, 0) is 12.1 Å². The summed E-state index contributed by atoms with van der Waals surface area (Å²) in [6, 6.07) is 3.23. The van der Waals surface area contributed by atoms with E-state index in [0.29, 0.717) is 19.0 Å². The average Bonchev–Trinajstić information content (AvgIpc) is 2.34. The van der Waals surface area contributed by atoms with E-state index in [1.54, 1.807) is 19.2 Å². The molecule has 0 aliphatic heterocycles. The summed E-state index contributed by atoms with van der Waals surface area (Å²) < 4.78 is 5.02. The third-order valence-electron chi connectivity index (χ3n) is 2.85. The summed E-state index contributed by atoms with van der Waals surface area (Å²) in [5.41, 5.74) is 0.841. The lowest BCUT2D eigenvalue weighted by atomic mass is 9.90. The zero-order valence-electron chi connectivity index (χ0n) is 12.2. The molecule has 106 valence electrons. The Balaban J connectivity index is 3.17. The van der Waals surface area contributed by atoms with Gasteiger partial charge in [-0.2, -0.15) is 0 Å². The van der Waals surface area contributed by atoms with Crippen LogP contribution < -0.4 is 4.90 Å². The van der Waals surface area contributed by atoms with E-state index in [9.17, 15) is 9.90 Å². The number of hydrogen-bond acceptors (Lipinski definition) is 4. The molecule has 0 atom stereocenters. The number of ether oxygens (including phenoxy) is 1. The van der Waals surface area contributed by atoms with Gasteiger partial charge in [-0.1, -0.05) is 20.8 Å². The quantitative estimate of drug-likeness (QED) is 0.884. The molecular weight excluding hydrogens is 244 g/mol. The number of pyridine rings is 1. The van der Waals surface area contributed by atoms with Gasteiger partial charge in [0.25, 0.3) is 0 Å². The van der Waals surface area contributed by atoms with Crippen LogP contribution in [0, 0.1) is 0 Å². The van der Waals surface area contributed by atoms with Gasteiger partial charge in [0, 0.05) is 31.8 Å². The van der Waals surface area contributed by atoms with E-state index in [0.717, 1.165) is 5.69 Å². The van der Waals surface area contributed by atoms with E-state index >= 15 is 0 Å². The molecule has 0 saturated heterocycles. The number of carboxylic acids is 1. The van der Waals surface area contributed by atoms with Gasteiger partial charge < -0.3 is 14.7 Å². The Morgan fingerprint density at radius 1 is 1.42 bits per heavy atom. The second-order valence-corrected chi connectivity index (χ2v) is 5.57. The maximum absolute atomic E-state index is 11.2. The molecule has 0 bridgehead atoms. The molecule has 1 rings (SSSR count). The Hall–Kier alpha value is -1.62. The topological polar surface area (TPSA) is 62.7 Å². The lowest BCUT2D eigenvalue weighted by Crippen LogP contribution is -2.25. The summed E-state index contributed by atoms with van der Waals surface area (Å²) in [4.78, 5) is 17.6. The van der Waals surface area contributed by atoms with Gasteiger partial charge in [0.2, 0.25) is 0 Å². The van der Waals surface area contributed by atoms with Crippen molar-refractivity contribution in [2.24, 2.45) is 0 Å². The fourth-order valence-electron chi connectivity index (χ4n) is 1.56. The summed E-state index contributed by atoms with van der Waals surface area (Å²) in [5, 5.41) is 9.19. The zero-order valence-corrected chi connectivity index (χ0v) is 12.2. The van der Waals surface area contributed by atoms with Crippen LogP contribution in [-0.4, -0.2) is 43.4 Å². The zero-order chi connectivity index (χ0) is 14.6. The lowest BCUT2D eigenvalue weighted by Gasteiger charge is -2.23. The monoisotopic (exact) mass is 266 g/mol. The van der Waals surface area contributed by atoms with Crippen LogP contribution in [0.3, 0.4) is 0 Å². The van der Waals surface area contributed by atoms with E-state index < -0.39 is 5.97 Å². The predicted octanol–water partition coefficient (Wildman–Crippen LogP) is 2.16. The lowest BCUT2D eigenvalue weighted by molar-refractivity contribution is 0.0696. The normalized spacial score (nSPS) is 11.4. The highest BCUT2D eigenvalue weighted by Gasteiger charge is 2.20. The molecule has 1 aromatic rings. The predicted molar refractivity (Wildman–Crippen MR) is 75.0 cm³/mol. The molecule has 19 heavy (non-hydrogen) atoms. The number of methoxy groups -OCH3 is 1. The minimum absolute atomic E-state index is 0.192. The smallest absolute Gasteiger partial charge is 0.335 e. The summed E-state index contributed by atoms with van der Waals surface area (Å²) in [6.07, 6.45) is 0. The van der Waals surface area contributed by atoms with E-state index in [4.69, 9.17) is 4.74 Å². The Kier molecular flexibility index (Phi) is 4.89. The minimum Gasteiger partial charge on any atom is -0.478 e. The number of anilines is 1. The molecule has 0 aliphatic rings. The van der Waals surface area contributed by atoms with Gasteiger partial charge in [0.1, 0.15) is 5.82 Å². The minimum atomic E-state index is -0.936. The SMILES string of the molecule is COCCN(C)c1cc(C(=O)O)cc(C(C)(C)C)n1. The van der Waals surface area contributed by atoms with Crippen molar-refractivity contribution < 1.29 is 14.6 Å². The van der Waals surface area contributed by atoms with Crippen molar-refractivity contribution in [2.75, 3.05) is 32.2 Å². The third-order valence-corrected chi connectivity index (χ3v) is 2.85. The Morgan fingerprint density at radius 2 is 2.05 bits per heavy atom. The van der Waals surface area contributed by atoms with Crippen LogP contribution in [0.4, 0.5) is 5.82 Å². The molecule has 0 aromatic carbocycles. The Morgan fingerprint density at radius 3 is 2.53 bits per heavy atom. The van der Waals surface area contributed by atoms with Gasteiger partial charge in [-0.25, -0.2) is 9.78 Å². The first kappa shape index (κ1) is 15.4. The van der Waals surface area contributed by atoms with E-state index in [-0.39, 0.29) is 11.0 Å². The summed E-state index contributed by atoms with van der Waals surface area (Å²) >= 11 is 0. The number of carbonyl (C=O) groups is 1. The molecule has 5 heteroatoms. The van der Waals surface area contributed by atoms with Gasteiger partial charge in [-0.3, -0.25) is 0 Å². The summed E-state index contributed by atoms with van der Waals surface area (Å²) in [5.74, 6) is -0.281. The fourth-order valence-corrected chi connectivity index (χ4v) is 1.56. The molecule has 0 amide bonds. The van der Waals surface area contributed by atoms with Gasteiger partial charge in [0.15, 0.2) is 0 Å². The standard InChI is InChI=1S/C14H22N2O3/c1-14(2,3)11-8-10(13(17)18)9-12(15-11)16(4)6-7-19-5/h8-9H,6-7H2,1-5H3,(H,17,18). The highest BCUT2D eigenvalue weighted by atomic mass is 16.5. The van der Waals surface area contributed by atoms with Crippen molar-refractivity contribution in [3.8, 4) is 0 Å². The number of carboxylic acid groups (broad SMARTS) is 1. The van der Waals surface area contributed by atoms with E-state index in [1.807, 2.05) is 32.7 Å². The number of nitrogens with zero attached hydrogens (tertiary/aromatic N) is 2. The van der Waals surface area contributed by atoms with Crippen molar-refractivity contribution in [3.05, 3.63) is 23.4 Å². The van der Waals surface area contributed by atoms with Crippen molar-refractivity contribution >= 4 is 11.8 Å². The maximum Gasteiger partial charge on any atom is 0.335 e. The number of hydrogen-bond donors (Lipinski definition) is 1. The number of aromatic carboxylic acids is 1. The summed E-state index contributed by atoms with van der Waals surface area (Å²) in [6.45, 7) is 7.27. The second kappa shape index (κ2) is 6.02. The number of likely N-dealkylation sites (N-methyl/N-ethyl adjacent to an activating group) is 1. The molecule has 1 aromatic heterocycles. The molecule has 1 heterocycles. The second-order valence-electron chi connectivity index (χ2n) is 5.57. The van der Waals surface area contributed by atoms with Gasteiger partial charge in [-0.15, -0.1) is 0 Å². The molecule has 0 aliphatic carbocycles. The van der Waals surface area contributed by atoms with E-state index in [2.05, 4.69) is 4.98 Å². The Labute approximate surface area is 114 Å². The van der Waals surface area contributed by atoms with Gasteiger partial charge in [0.05, 0.1) is 12.2 Å². The van der Waals surface area contributed by atoms with Crippen LogP contribution in [0.2, 0.25) is 0 Å².